The average molecular weight is 404 g/mol. The van der Waals surface area contributed by atoms with Crippen molar-refractivity contribution >= 4 is 11.8 Å². The number of benzene rings is 2. The summed E-state index contributed by atoms with van der Waals surface area (Å²) in [5.41, 5.74) is 10.3. The third-order valence-corrected chi connectivity index (χ3v) is 4.69. The number of hydrogen-bond donors (Lipinski definition) is 2. The molecule has 0 bridgehead atoms. The van der Waals surface area contributed by atoms with E-state index in [1.807, 2.05) is 95.3 Å². The number of pyridine rings is 1. The maximum absolute atomic E-state index is 12.2. The summed E-state index contributed by atoms with van der Waals surface area (Å²) in [6.45, 7) is 9.43. The zero-order valence-electron chi connectivity index (χ0n) is 18.2. The minimum absolute atomic E-state index is 0.442. The Labute approximate surface area is 178 Å². The van der Waals surface area contributed by atoms with E-state index in [4.69, 9.17) is 10.5 Å². The van der Waals surface area contributed by atoms with E-state index >= 15 is 0 Å². The van der Waals surface area contributed by atoms with Crippen LogP contribution in [0.5, 0.6) is 0 Å². The van der Waals surface area contributed by atoms with Crippen LogP contribution < -0.4 is 11.1 Å². The highest BCUT2D eigenvalue weighted by molar-refractivity contribution is 5.82. The molecular weight excluding hydrogens is 374 g/mol. The molecule has 0 fully saturated rings. The molecule has 0 unspecified atom stereocenters. The van der Waals surface area contributed by atoms with Crippen molar-refractivity contribution in [1.29, 1.82) is 0 Å². The highest BCUT2D eigenvalue weighted by Crippen LogP contribution is 2.33. The largest absolute Gasteiger partial charge is 0.444 e. The van der Waals surface area contributed by atoms with Gasteiger partial charge in [0.1, 0.15) is 5.60 Å². The van der Waals surface area contributed by atoms with Gasteiger partial charge < -0.3 is 15.8 Å². The van der Waals surface area contributed by atoms with Crippen LogP contribution in [0.4, 0.5) is 10.5 Å². The summed E-state index contributed by atoms with van der Waals surface area (Å²) < 4.78 is 5.39. The van der Waals surface area contributed by atoms with Gasteiger partial charge >= 0.3 is 6.09 Å². The lowest BCUT2D eigenvalue weighted by Crippen LogP contribution is -2.43. The van der Waals surface area contributed by atoms with Crippen LogP contribution in [-0.2, 0) is 10.3 Å². The molecule has 0 aliphatic rings. The van der Waals surface area contributed by atoms with Gasteiger partial charge in [0.05, 0.1) is 23.1 Å². The summed E-state index contributed by atoms with van der Waals surface area (Å²) in [7, 11) is 0. The van der Waals surface area contributed by atoms with E-state index in [1.54, 1.807) is 6.20 Å². The van der Waals surface area contributed by atoms with Gasteiger partial charge in [-0.25, -0.2) is 4.79 Å². The van der Waals surface area contributed by atoms with Crippen molar-refractivity contribution < 1.29 is 9.53 Å². The molecule has 1 heterocycles. The maximum atomic E-state index is 12.2. The number of nitrogens with one attached hydrogen (secondary N) is 1. The van der Waals surface area contributed by atoms with Crippen LogP contribution in [0.2, 0.25) is 0 Å². The first-order valence-corrected chi connectivity index (χ1v) is 9.98. The first kappa shape index (κ1) is 21.4. The Balaban J connectivity index is 1.89. The van der Waals surface area contributed by atoms with Crippen LogP contribution in [0.3, 0.4) is 0 Å². The van der Waals surface area contributed by atoms with Crippen molar-refractivity contribution in [3.8, 4) is 22.4 Å². The van der Waals surface area contributed by atoms with E-state index in [9.17, 15) is 4.79 Å². The van der Waals surface area contributed by atoms with E-state index in [0.717, 1.165) is 27.9 Å². The zero-order chi connectivity index (χ0) is 21.9. The van der Waals surface area contributed by atoms with Crippen LogP contribution in [0.15, 0.2) is 66.9 Å². The van der Waals surface area contributed by atoms with E-state index < -0.39 is 17.2 Å². The number of nitrogens with zero attached hydrogens (tertiary/aromatic N) is 1. The lowest BCUT2D eigenvalue weighted by Gasteiger charge is -2.29. The Morgan fingerprint density at radius 2 is 1.57 bits per heavy atom. The highest BCUT2D eigenvalue weighted by atomic mass is 16.6. The second kappa shape index (κ2) is 8.19. The van der Waals surface area contributed by atoms with Crippen LogP contribution >= 0.6 is 0 Å². The molecule has 0 saturated carbocycles. The molecule has 1 amide bonds. The van der Waals surface area contributed by atoms with E-state index in [0.29, 0.717) is 5.69 Å². The lowest BCUT2D eigenvalue weighted by atomic mass is 9.92. The molecule has 0 radical (unpaired) electrons. The molecule has 3 aromatic rings. The summed E-state index contributed by atoms with van der Waals surface area (Å²) >= 11 is 0. The molecule has 2 aromatic carbocycles. The van der Waals surface area contributed by atoms with Gasteiger partial charge in [-0.1, -0.05) is 54.6 Å². The molecule has 1 aromatic heterocycles. The maximum Gasteiger partial charge on any atom is 0.408 e. The molecule has 5 nitrogen and oxygen atoms in total. The van der Waals surface area contributed by atoms with Crippen molar-refractivity contribution in [3.63, 3.8) is 0 Å². The molecule has 0 spiro atoms. The number of nitrogen functional groups attached to an aromatic ring is 1. The summed E-state index contributed by atoms with van der Waals surface area (Å²) in [5.74, 6) is 0. The normalized spacial score (nSPS) is 11.8. The first-order chi connectivity index (χ1) is 14.0. The van der Waals surface area contributed by atoms with E-state index in [-0.39, 0.29) is 0 Å². The number of carbonyl (C=O) groups excluding carboxylic acids is 1. The van der Waals surface area contributed by atoms with Crippen LogP contribution in [0.25, 0.3) is 22.4 Å². The predicted octanol–water partition coefficient (Wildman–Crippen LogP) is 5.76. The van der Waals surface area contributed by atoms with E-state index in [1.165, 1.54) is 0 Å². The second-order valence-corrected chi connectivity index (χ2v) is 8.86. The van der Waals surface area contributed by atoms with Crippen molar-refractivity contribution in [1.82, 2.24) is 10.3 Å². The fourth-order valence-electron chi connectivity index (χ4n) is 3.22. The monoisotopic (exact) mass is 403 g/mol. The Hall–Kier alpha value is -3.34. The number of aromatic nitrogens is 1. The molecule has 156 valence electrons. The summed E-state index contributed by atoms with van der Waals surface area (Å²) in [6, 6.07) is 20.0. The number of carbonyl (C=O) groups is 1. The molecule has 0 atom stereocenters. The standard InChI is InChI=1S/C25H29N3O2/c1-24(2,3)30-23(29)28-25(4,5)19-13-11-18(12-14-19)22-21(15-20(26)16-27-22)17-9-7-6-8-10-17/h6-16H,26H2,1-5H3,(H,28,29). The van der Waals surface area contributed by atoms with E-state index in [2.05, 4.69) is 10.3 Å². The lowest BCUT2D eigenvalue weighted by molar-refractivity contribution is 0.0470. The molecule has 0 aliphatic carbocycles. The van der Waals surface area contributed by atoms with Gasteiger partial charge in [-0.3, -0.25) is 4.98 Å². The van der Waals surface area contributed by atoms with Crippen molar-refractivity contribution in [2.75, 3.05) is 5.73 Å². The molecular formula is C25H29N3O2. The predicted molar refractivity (Wildman–Crippen MR) is 122 cm³/mol. The van der Waals surface area contributed by atoms with Crippen molar-refractivity contribution in [3.05, 3.63) is 72.4 Å². The molecule has 5 heteroatoms. The number of anilines is 1. The van der Waals surface area contributed by atoms with Gasteiger partial charge in [0.25, 0.3) is 0 Å². The minimum Gasteiger partial charge on any atom is -0.444 e. The molecule has 0 aliphatic heterocycles. The van der Waals surface area contributed by atoms with Crippen molar-refractivity contribution in [2.24, 2.45) is 0 Å². The number of alkyl carbamates (subject to hydrolysis) is 1. The SMILES string of the molecule is CC(C)(C)OC(=O)NC(C)(C)c1ccc(-c2ncc(N)cc2-c2ccccc2)cc1. The number of nitrogens with two attached hydrogens (primary N) is 1. The van der Waals surface area contributed by atoms with Gasteiger partial charge in [0.15, 0.2) is 0 Å². The third kappa shape index (κ3) is 5.17. The van der Waals surface area contributed by atoms with Crippen LogP contribution in [0, 0.1) is 0 Å². The summed E-state index contributed by atoms with van der Waals surface area (Å²) in [4.78, 5) is 16.8. The summed E-state index contributed by atoms with van der Waals surface area (Å²) in [6.07, 6.45) is 1.23. The first-order valence-electron chi connectivity index (χ1n) is 9.98. The quantitative estimate of drug-likeness (QED) is 0.581. The molecule has 3 rings (SSSR count). The smallest absolute Gasteiger partial charge is 0.408 e. The Morgan fingerprint density at radius 1 is 0.933 bits per heavy atom. The molecule has 0 saturated heterocycles. The fourth-order valence-corrected chi connectivity index (χ4v) is 3.22. The summed E-state index contributed by atoms with van der Waals surface area (Å²) in [5, 5.41) is 2.94. The van der Waals surface area contributed by atoms with Crippen LogP contribution in [-0.4, -0.2) is 16.7 Å². The average Bonchev–Trinajstić information content (AvgIpc) is 2.67. The Bertz CT molecular complexity index is 1020. The third-order valence-electron chi connectivity index (χ3n) is 4.69. The van der Waals surface area contributed by atoms with Gasteiger partial charge in [0.2, 0.25) is 0 Å². The van der Waals surface area contributed by atoms with Gasteiger partial charge in [-0.15, -0.1) is 0 Å². The van der Waals surface area contributed by atoms with Gasteiger partial charge in [-0.2, -0.15) is 0 Å². The fraction of sp³-hybridized carbons (Fsp3) is 0.280. The number of ether oxygens (including phenoxy) is 1. The number of hydrogen-bond acceptors (Lipinski definition) is 4. The Morgan fingerprint density at radius 3 is 2.17 bits per heavy atom. The van der Waals surface area contributed by atoms with Crippen LogP contribution in [0.1, 0.15) is 40.2 Å². The number of amides is 1. The van der Waals surface area contributed by atoms with Crippen molar-refractivity contribution in [2.45, 2.75) is 45.8 Å². The van der Waals surface area contributed by atoms with Gasteiger partial charge in [0, 0.05) is 11.1 Å². The number of rotatable bonds is 4. The molecule has 30 heavy (non-hydrogen) atoms. The Kier molecular flexibility index (Phi) is 5.83. The second-order valence-electron chi connectivity index (χ2n) is 8.86. The zero-order valence-corrected chi connectivity index (χ0v) is 18.2. The topological polar surface area (TPSA) is 77.2 Å². The minimum atomic E-state index is -0.586. The van der Waals surface area contributed by atoms with Gasteiger partial charge in [-0.05, 0) is 51.8 Å². The highest BCUT2D eigenvalue weighted by Gasteiger charge is 2.26. The molecule has 3 N–H and O–H groups in total.